The lowest BCUT2D eigenvalue weighted by Crippen LogP contribution is -2.02. The lowest BCUT2D eigenvalue weighted by Gasteiger charge is -2.09. The number of hydrogen-bond donors (Lipinski definition) is 0. The number of carbonyl (C=O) groups excluding carboxylic acids is 1. The number of aryl methyl sites for hydroxylation is 1. The summed E-state index contributed by atoms with van der Waals surface area (Å²) < 4.78 is 10.4. The van der Waals surface area contributed by atoms with Crippen molar-refractivity contribution in [2.24, 2.45) is 0 Å². The van der Waals surface area contributed by atoms with Crippen LogP contribution in [0.15, 0.2) is 47.4 Å². The van der Waals surface area contributed by atoms with Gasteiger partial charge in [0, 0.05) is 22.6 Å². The summed E-state index contributed by atoms with van der Waals surface area (Å²) in [6.07, 6.45) is 0.494. The number of hydrogen-bond acceptors (Lipinski definition) is 4. The summed E-state index contributed by atoms with van der Waals surface area (Å²) in [6.45, 7) is 2.06. The number of Topliss-reactive ketones (excluding diaryl/α,β-unsaturated/α-hetero) is 1. The molecule has 0 fully saturated rings. The first-order valence-electron chi connectivity index (χ1n) is 7.08. The molecule has 0 atom stereocenters. The van der Waals surface area contributed by atoms with Gasteiger partial charge < -0.3 is 9.47 Å². The fourth-order valence-electron chi connectivity index (χ4n) is 2.05. The summed E-state index contributed by atoms with van der Waals surface area (Å²) in [5.41, 5.74) is 1.90. The Hall–Kier alpha value is -1.94. The van der Waals surface area contributed by atoms with Gasteiger partial charge in [0.25, 0.3) is 0 Å². The van der Waals surface area contributed by atoms with Crippen LogP contribution >= 0.6 is 11.8 Å². The van der Waals surface area contributed by atoms with Crippen molar-refractivity contribution in [3.05, 3.63) is 53.6 Å². The molecule has 116 valence electrons. The molecule has 2 aromatic carbocycles. The third kappa shape index (κ3) is 4.28. The summed E-state index contributed by atoms with van der Waals surface area (Å²) in [5, 5.41) is 0. The molecule has 0 aromatic heterocycles. The van der Waals surface area contributed by atoms with E-state index in [1.54, 1.807) is 44.2 Å². The van der Waals surface area contributed by atoms with E-state index < -0.39 is 0 Å². The minimum absolute atomic E-state index is 0.112. The second kappa shape index (κ2) is 7.90. The van der Waals surface area contributed by atoms with Crippen molar-refractivity contribution in [1.82, 2.24) is 0 Å². The summed E-state index contributed by atoms with van der Waals surface area (Å²) in [6, 6.07) is 13.6. The quantitative estimate of drug-likeness (QED) is 0.561. The Morgan fingerprint density at radius 1 is 1.00 bits per heavy atom. The third-order valence-electron chi connectivity index (χ3n) is 3.32. The first-order valence-corrected chi connectivity index (χ1v) is 8.07. The lowest BCUT2D eigenvalue weighted by atomic mass is 10.1. The molecule has 2 aromatic rings. The number of thioether (sulfide) groups is 1. The van der Waals surface area contributed by atoms with E-state index in [0.29, 0.717) is 23.5 Å². The molecule has 0 amide bonds. The predicted molar refractivity (Wildman–Crippen MR) is 90.4 cm³/mol. The topological polar surface area (TPSA) is 35.5 Å². The van der Waals surface area contributed by atoms with Crippen LogP contribution in [0.2, 0.25) is 0 Å². The molecule has 2 rings (SSSR count). The molecule has 0 spiro atoms. The average Bonchev–Trinajstić information content (AvgIpc) is 2.55. The molecule has 22 heavy (non-hydrogen) atoms. The molecule has 4 heteroatoms. The standard InChI is InChI=1S/C18H20O3S/c1-13-4-7-15(8-5-13)22-11-10-16(19)14-6-9-17(20-2)18(12-14)21-3/h4-9,12H,10-11H2,1-3H3. The molecule has 0 aliphatic rings. The number of methoxy groups -OCH3 is 2. The van der Waals surface area contributed by atoms with Crippen LogP contribution in [0, 0.1) is 6.92 Å². The van der Waals surface area contributed by atoms with Crippen LogP contribution in [0.3, 0.4) is 0 Å². The van der Waals surface area contributed by atoms with Gasteiger partial charge in [0.1, 0.15) is 0 Å². The molecular weight excluding hydrogens is 296 g/mol. The predicted octanol–water partition coefficient (Wildman–Crippen LogP) is 4.38. The molecule has 0 bridgehead atoms. The molecule has 0 saturated carbocycles. The van der Waals surface area contributed by atoms with Gasteiger partial charge in [-0.05, 0) is 37.3 Å². The van der Waals surface area contributed by atoms with E-state index in [-0.39, 0.29) is 5.78 Å². The van der Waals surface area contributed by atoms with Gasteiger partial charge in [-0.15, -0.1) is 11.8 Å². The van der Waals surface area contributed by atoms with Gasteiger partial charge in [0.15, 0.2) is 17.3 Å². The highest BCUT2D eigenvalue weighted by Crippen LogP contribution is 2.28. The Morgan fingerprint density at radius 2 is 1.68 bits per heavy atom. The Morgan fingerprint density at radius 3 is 2.32 bits per heavy atom. The van der Waals surface area contributed by atoms with E-state index in [9.17, 15) is 4.79 Å². The second-order valence-corrected chi connectivity index (χ2v) is 6.07. The Kier molecular flexibility index (Phi) is 5.90. The normalized spacial score (nSPS) is 10.3. The molecular formula is C18H20O3S. The second-order valence-electron chi connectivity index (χ2n) is 4.90. The number of ketones is 1. The Bertz CT molecular complexity index is 635. The maximum absolute atomic E-state index is 12.2. The molecule has 0 aliphatic heterocycles. The molecule has 0 radical (unpaired) electrons. The summed E-state index contributed by atoms with van der Waals surface area (Å²) in [5.74, 6) is 2.09. The summed E-state index contributed by atoms with van der Waals surface area (Å²) in [7, 11) is 3.15. The monoisotopic (exact) mass is 316 g/mol. The number of carbonyl (C=O) groups is 1. The molecule has 3 nitrogen and oxygen atoms in total. The largest absolute Gasteiger partial charge is 0.493 e. The van der Waals surface area contributed by atoms with Gasteiger partial charge >= 0.3 is 0 Å². The van der Waals surface area contributed by atoms with Crippen molar-refractivity contribution in [1.29, 1.82) is 0 Å². The number of benzene rings is 2. The molecule has 0 N–H and O–H groups in total. The first-order chi connectivity index (χ1) is 10.6. The SMILES string of the molecule is COc1ccc(C(=O)CCSc2ccc(C)cc2)cc1OC. The van der Waals surface area contributed by atoms with Gasteiger partial charge in [-0.3, -0.25) is 4.79 Å². The highest BCUT2D eigenvalue weighted by Gasteiger charge is 2.10. The van der Waals surface area contributed by atoms with Crippen molar-refractivity contribution >= 4 is 17.5 Å². The van der Waals surface area contributed by atoms with Crippen LogP contribution < -0.4 is 9.47 Å². The number of rotatable bonds is 7. The number of ether oxygens (including phenoxy) is 2. The van der Waals surface area contributed by atoms with Gasteiger partial charge in [0.05, 0.1) is 14.2 Å². The Balaban J connectivity index is 1.93. The first kappa shape index (κ1) is 16.4. The van der Waals surface area contributed by atoms with E-state index in [0.717, 1.165) is 5.75 Å². The lowest BCUT2D eigenvalue weighted by molar-refractivity contribution is 0.0989. The van der Waals surface area contributed by atoms with E-state index >= 15 is 0 Å². The minimum Gasteiger partial charge on any atom is -0.493 e. The van der Waals surface area contributed by atoms with Gasteiger partial charge in [-0.25, -0.2) is 0 Å². The Labute approximate surface area is 135 Å². The maximum Gasteiger partial charge on any atom is 0.163 e. The smallest absolute Gasteiger partial charge is 0.163 e. The average molecular weight is 316 g/mol. The van der Waals surface area contributed by atoms with E-state index in [4.69, 9.17) is 9.47 Å². The molecule has 0 heterocycles. The van der Waals surface area contributed by atoms with Crippen LogP contribution in [0.1, 0.15) is 22.3 Å². The van der Waals surface area contributed by atoms with Crippen molar-refractivity contribution in [3.63, 3.8) is 0 Å². The highest BCUT2D eigenvalue weighted by atomic mass is 32.2. The van der Waals surface area contributed by atoms with Crippen molar-refractivity contribution in [2.45, 2.75) is 18.2 Å². The van der Waals surface area contributed by atoms with Crippen molar-refractivity contribution in [3.8, 4) is 11.5 Å². The van der Waals surface area contributed by atoms with E-state index in [2.05, 4.69) is 31.2 Å². The maximum atomic E-state index is 12.2. The summed E-state index contributed by atoms with van der Waals surface area (Å²) in [4.78, 5) is 13.4. The van der Waals surface area contributed by atoms with Crippen LogP contribution in [-0.4, -0.2) is 25.8 Å². The highest BCUT2D eigenvalue weighted by molar-refractivity contribution is 7.99. The van der Waals surface area contributed by atoms with Crippen LogP contribution in [-0.2, 0) is 0 Å². The third-order valence-corrected chi connectivity index (χ3v) is 4.34. The van der Waals surface area contributed by atoms with E-state index in [1.165, 1.54) is 10.5 Å². The van der Waals surface area contributed by atoms with Gasteiger partial charge in [-0.1, -0.05) is 17.7 Å². The van der Waals surface area contributed by atoms with Crippen LogP contribution in [0.4, 0.5) is 0 Å². The minimum atomic E-state index is 0.112. The van der Waals surface area contributed by atoms with Gasteiger partial charge in [0.2, 0.25) is 0 Å². The molecule has 0 unspecified atom stereocenters. The molecule has 0 aliphatic carbocycles. The van der Waals surface area contributed by atoms with Crippen LogP contribution in [0.25, 0.3) is 0 Å². The zero-order chi connectivity index (χ0) is 15.9. The van der Waals surface area contributed by atoms with Crippen molar-refractivity contribution < 1.29 is 14.3 Å². The van der Waals surface area contributed by atoms with Crippen LogP contribution in [0.5, 0.6) is 11.5 Å². The zero-order valence-corrected chi connectivity index (χ0v) is 13.9. The van der Waals surface area contributed by atoms with Gasteiger partial charge in [-0.2, -0.15) is 0 Å². The van der Waals surface area contributed by atoms with E-state index in [1.807, 2.05) is 0 Å². The zero-order valence-electron chi connectivity index (χ0n) is 13.1. The summed E-state index contributed by atoms with van der Waals surface area (Å²) >= 11 is 1.69. The molecule has 0 saturated heterocycles. The van der Waals surface area contributed by atoms with Crippen molar-refractivity contribution in [2.75, 3.05) is 20.0 Å². The fraction of sp³-hybridized carbons (Fsp3) is 0.278. The fourth-order valence-corrected chi connectivity index (χ4v) is 2.90.